The van der Waals surface area contributed by atoms with Gasteiger partial charge in [-0.25, -0.2) is 4.79 Å². The summed E-state index contributed by atoms with van der Waals surface area (Å²) in [5.41, 5.74) is 2.11. The molecule has 0 bridgehead atoms. The number of nitrogens with zero attached hydrogens (tertiary/aromatic N) is 3. The Hall–Kier alpha value is -3.10. The van der Waals surface area contributed by atoms with Gasteiger partial charge in [-0.05, 0) is 55.7 Å². The van der Waals surface area contributed by atoms with E-state index in [2.05, 4.69) is 22.8 Å². The van der Waals surface area contributed by atoms with E-state index in [4.69, 9.17) is 0 Å². The average Bonchev–Trinajstić information content (AvgIpc) is 2.85. The number of amides is 5. The number of rotatable bonds is 5. The number of likely N-dealkylation sites (tertiary alicyclic amines) is 2. The third-order valence-corrected chi connectivity index (χ3v) is 7.23. The molecule has 1 atom stereocenters. The SMILES string of the molecule is CN(C(=O)N1CCC(c2ccc(NC3CCC(=O)NC3=O)cc2)CC1)C1CCN(C=O)CC1. The minimum atomic E-state index is -0.384. The molecule has 33 heavy (non-hydrogen) atoms. The van der Waals surface area contributed by atoms with E-state index in [9.17, 15) is 19.2 Å². The van der Waals surface area contributed by atoms with Gasteiger partial charge < -0.3 is 20.0 Å². The molecule has 1 aromatic carbocycles. The molecule has 178 valence electrons. The predicted molar refractivity (Wildman–Crippen MR) is 124 cm³/mol. The van der Waals surface area contributed by atoms with Crippen LogP contribution in [-0.4, -0.2) is 84.3 Å². The average molecular weight is 456 g/mol. The number of urea groups is 1. The van der Waals surface area contributed by atoms with E-state index in [1.165, 1.54) is 5.56 Å². The maximum atomic E-state index is 13.0. The smallest absolute Gasteiger partial charge is 0.319 e. The second-order valence-corrected chi connectivity index (χ2v) is 9.30. The van der Waals surface area contributed by atoms with Gasteiger partial charge in [0, 0.05) is 51.4 Å². The third kappa shape index (κ3) is 5.46. The molecule has 9 heteroatoms. The summed E-state index contributed by atoms with van der Waals surface area (Å²) >= 11 is 0. The predicted octanol–water partition coefficient (Wildman–Crippen LogP) is 1.76. The Balaban J connectivity index is 1.25. The minimum Gasteiger partial charge on any atom is -0.374 e. The quantitative estimate of drug-likeness (QED) is 0.520. The van der Waals surface area contributed by atoms with Crippen molar-refractivity contribution in [2.45, 2.75) is 56.5 Å². The molecule has 9 nitrogen and oxygen atoms in total. The maximum Gasteiger partial charge on any atom is 0.319 e. The van der Waals surface area contributed by atoms with E-state index >= 15 is 0 Å². The number of hydrogen-bond donors (Lipinski definition) is 2. The highest BCUT2D eigenvalue weighted by molar-refractivity contribution is 6.01. The molecule has 4 rings (SSSR count). The molecule has 3 fully saturated rings. The molecular formula is C24H33N5O4. The lowest BCUT2D eigenvalue weighted by atomic mass is 9.89. The molecule has 1 unspecified atom stereocenters. The highest BCUT2D eigenvalue weighted by Gasteiger charge is 2.31. The van der Waals surface area contributed by atoms with Gasteiger partial charge in [-0.2, -0.15) is 0 Å². The van der Waals surface area contributed by atoms with Gasteiger partial charge in [-0.1, -0.05) is 12.1 Å². The molecule has 2 N–H and O–H groups in total. The van der Waals surface area contributed by atoms with Crippen molar-refractivity contribution in [1.29, 1.82) is 0 Å². The fourth-order valence-electron chi connectivity index (χ4n) is 5.05. The number of benzene rings is 1. The van der Waals surface area contributed by atoms with E-state index < -0.39 is 0 Å². The van der Waals surface area contributed by atoms with Crippen molar-refractivity contribution in [3.63, 3.8) is 0 Å². The Labute approximate surface area is 194 Å². The number of hydrogen-bond acceptors (Lipinski definition) is 5. The molecule has 0 saturated carbocycles. The second kappa shape index (κ2) is 10.2. The summed E-state index contributed by atoms with van der Waals surface area (Å²) in [6, 6.07) is 8.03. The fourth-order valence-corrected chi connectivity index (χ4v) is 5.05. The number of imide groups is 1. The van der Waals surface area contributed by atoms with E-state index in [1.54, 1.807) is 4.90 Å². The third-order valence-electron chi connectivity index (χ3n) is 7.23. The van der Waals surface area contributed by atoms with Crippen molar-refractivity contribution in [2.24, 2.45) is 0 Å². The zero-order valence-corrected chi connectivity index (χ0v) is 19.2. The summed E-state index contributed by atoms with van der Waals surface area (Å²) < 4.78 is 0. The summed E-state index contributed by atoms with van der Waals surface area (Å²) in [6.45, 7) is 2.89. The first kappa shape index (κ1) is 23.1. The Morgan fingerprint density at radius 2 is 1.70 bits per heavy atom. The summed E-state index contributed by atoms with van der Waals surface area (Å²) in [5.74, 6) is -0.0841. The van der Waals surface area contributed by atoms with Gasteiger partial charge in [0.2, 0.25) is 18.2 Å². The first-order valence-electron chi connectivity index (χ1n) is 11.9. The summed E-state index contributed by atoms with van der Waals surface area (Å²) in [4.78, 5) is 52.7. The standard InChI is InChI=1S/C24H33N5O4/c1-27(20-10-12-28(16-30)13-11-20)24(33)29-14-8-18(9-15-29)17-2-4-19(5-3-17)25-21-6-7-22(31)26-23(21)32/h2-5,16,18,20-21,25H,6-15H2,1H3,(H,26,31,32). The van der Waals surface area contributed by atoms with Crippen LogP contribution in [-0.2, 0) is 14.4 Å². The number of nitrogens with one attached hydrogen (secondary N) is 2. The van der Waals surface area contributed by atoms with Crippen molar-refractivity contribution in [1.82, 2.24) is 20.0 Å². The summed E-state index contributed by atoms with van der Waals surface area (Å²) in [5, 5.41) is 5.58. The lowest BCUT2D eigenvalue weighted by molar-refractivity contribution is -0.133. The first-order valence-corrected chi connectivity index (χ1v) is 11.9. The zero-order chi connectivity index (χ0) is 23.4. The van der Waals surface area contributed by atoms with Crippen LogP contribution in [0.4, 0.5) is 10.5 Å². The van der Waals surface area contributed by atoms with Crippen LogP contribution in [0.25, 0.3) is 0 Å². The van der Waals surface area contributed by atoms with Gasteiger partial charge in [0.1, 0.15) is 6.04 Å². The Kier molecular flexibility index (Phi) is 7.15. The lowest BCUT2D eigenvalue weighted by Crippen LogP contribution is -2.51. The zero-order valence-electron chi connectivity index (χ0n) is 19.2. The Bertz CT molecular complexity index is 873. The molecule has 3 aliphatic heterocycles. The number of piperidine rings is 3. The van der Waals surface area contributed by atoms with Crippen molar-refractivity contribution >= 4 is 29.9 Å². The van der Waals surface area contributed by atoms with Gasteiger partial charge in [0.05, 0.1) is 0 Å². The molecule has 3 heterocycles. The van der Waals surface area contributed by atoms with Crippen LogP contribution in [0.3, 0.4) is 0 Å². The van der Waals surface area contributed by atoms with Gasteiger partial charge in [0.25, 0.3) is 0 Å². The van der Waals surface area contributed by atoms with Crippen LogP contribution in [0.2, 0.25) is 0 Å². The molecule has 3 saturated heterocycles. The molecule has 5 amide bonds. The lowest BCUT2D eigenvalue weighted by Gasteiger charge is -2.40. The highest BCUT2D eigenvalue weighted by Crippen LogP contribution is 2.30. The van der Waals surface area contributed by atoms with Crippen LogP contribution in [0, 0.1) is 0 Å². The Morgan fingerprint density at radius 1 is 1.03 bits per heavy atom. The van der Waals surface area contributed by atoms with Crippen LogP contribution >= 0.6 is 0 Å². The van der Waals surface area contributed by atoms with Gasteiger partial charge >= 0.3 is 6.03 Å². The molecule has 0 aromatic heterocycles. The monoisotopic (exact) mass is 455 g/mol. The van der Waals surface area contributed by atoms with Gasteiger partial charge in [-0.3, -0.25) is 19.7 Å². The summed E-state index contributed by atoms with van der Waals surface area (Å²) in [6.07, 6.45) is 5.25. The van der Waals surface area contributed by atoms with Crippen molar-refractivity contribution in [3.05, 3.63) is 29.8 Å². The van der Waals surface area contributed by atoms with Gasteiger partial charge in [0.15, 0.2) is 0 Å². The molecular weight excluding hydrogens is 422 g/mol. The normalized spacial score (nSPS) is 22.6. The van der Waals surface area contributed by atoms with E-state index in [0.717, 1.165) is 50.9 Å². The van der Waals surface area contributed by atoms with E-state index in [1.807, 2.05) is 29.0 Å². The molecule has 1 aromatic rings. The van der Waals surface area contributed by atoms with Crippen LogP contribution in [0.1, 0.15) is 50.0 Å². The van der Waals surface area contributed by atoms with Gasteiger partial charge in [-0.15, -0.1) is 0 Å². The van der Waals surface area contributed by atoms with Crippen molar-refractivity contribution in [3.8, 4) is 0 Å². The van der Waals surface area contributed by atoms with Crippen molar-refractivity contribution < 1.29 is 19.2 Å². The number of carbonyl (C=O) groups is 4. The first-order chi connectivity index (χ1) is 15.9. The van der Waals surface area contributed by atoms with Crippen LogP contribution in [0.5, 0.6) is 0 Å². The topological polar surface area (TPSA) is 102 Å². The van der Waals surface area contributed by atoms with Crippen LogP contribution in [0.15, 0.2) is 24.3 Å². The number of anilines is 1. The number of carbonyl (C=O) groups excluding carboxylic acids is 4. The fraction of sp³-hybridized carbons (Fsp3) is 0.583. The largest absolute Gasteiger partial charge is 0.374 e. The highest BCUT2D eigenvalue weighted by atomic mass is 16.2. The molecule has 0 aliphatic carbocycles. The Morgan fingerprint density at radius 3 is 2.30 bits per heavy atom. The maximum absolute atomic E-state index is 13.0. The second-order valence-electron chi connectivity index (χ2n) is 9.30. The summed E-state index contributed by atoms with van der Waals surface area (Å²) in [7, 11) is 1.88. The van der Waals surface area contributed by atoms with E-state index in [0.29, 0.717) is 31.8 Å². The van der Waals surface area contributed by atoms with Crippen molar-refractivity contribution in [2.75, 3.05) is 38.5 Å². The molecule has 0 radical (unpaired) electrons. The minimum absolute atomic E-state index is 0.0850. The van der Waals surface area contributed by atoms with E-state index in [-0.39, 0.29) is 29.9 Å². The van der Waals surface area contributed by atoms with Crippen LogP contribution < -0.4 is 10.6 Å². The molecule has 0 spiro atoms. The molecule has 3 aliphatic rings.